The lowest BCUT2D eigenvalue weighted by Crippen LogP contribution is -2.48. The summed E-state index contributed by atoms with van der Waals surface area (Å²) in [6.45, 7) is 6.17. The Bertz CT molecular complexity index is 164. The van der Waals surface area contributed by atoms with Crippen LogP contribution >= 0.6 is 0 Å². The van der Waals surface area contributed by atoms with E-state index in [0.717, 1.165) is 38.3 Å². The van der Waals surface area contributed by atoms with Gasteiger partial charge in [-0.05, 0) is 25.2 Å². The number of morpholine rings is 1. The minimum atomic E-state index is 0.527. The van der Waals surface area contributed by atoms with Crippen molar-refractivity contribution in [3.05, 3.63) is 0 Å². The Balaban J connectivity index is 1.61. The molecule has 3 unspecified atom stereocenters. The van der Waals surface area contributed by atoms with Gasteiger partial charge in [-0.3, -0.25) is 0 Å². The van der Waals surface area contributed by atoms with E-state index >= 15 is 0 Å². The van der Waals surface area contributed by atoms with Crippen LogP contribution in [0.1, 0.15) is 26.2 Å². The van der Waals surface area contributed by atoms with E-state index < -0.39 is 0 Å². The van der Waals surface area contributed by atoms with Gasteiger partial charge < -0.3 is 15.4 Å². The van der Waals surface area contributed by atoms with E-state index in [1.54, 1.807) is 0 Å². The fourth-order valence-electron chi connectivity index (χ4n) is 2.45. The maximum Gasteiger partial charge on any atom is 0.0632 e. The summed E-state index contributed by atoms with van der Waals surface area (Å²) in [5.41, 5.74) is 0. The van der Waals surface area contributed by atoms with Crippen LogP contribution in [0.15, 0.2) is 0 Å². The van der Waals surface area contributed by atoms with E-state index in [1.165, 1.54) is 19.3 Å². The third-order valence-electron chi connectivity index (χ3n) is 3.35. The summed E-state index contributed by atoms with van der Waals surface area (Å²) in [6.07, 6.45) is 4.11. The van der Waals surface area contributed by atoms with Crippen LogP contribution in [0.5, 0.6) is 0 Å². The van der Waals surface area contributed by atoms with Gasteiger partial charge in [0.05, 0.1) is 13.2 Å². The smallest absolute Gasteiger partial charge is 0.0632 e. The molecular formula is C11H22N2O. The molecule has 3 nitrogen and oxygen atoms in total. The zero-order valence-corrected chi connectivity index (χ0v) is 9.09. The third kappa shape index (κ3) is 2.94. The van der Waals surface area contributed by atoms with Gasteiger partial charge in [-0.15, -0.1) is 0 Å². The van der Waals surface area contributed by atoms with E-state index in [4.69, 9.17) is 4.74 Å². The molecule has 1 saturated carbocycles. The summed E-state index contributed by atoms with van der Waals surface area (Å²) in [5, 5.41) is 7.11. The highest BCUT2D eigenvalue weighted by molar-refractivity contribution is 4.81. The van der Waals surface area contributed by atoms with Crippen molar-refractivity contribution in [2.24, 2.45) is 5.92 Å². The Hall–Kier alpha value is -0.120. The third-order valence-corrected chi connectivity index (χ3v) is 3.35. The lowest BCUT2D eigenvalue weighted by Gasteiger charge is -2.25. The average molecular weight is 198 g/mol. The highest BCUT2D eigenvalue weighted by Gasteiger charge is 2.22. The highest BCUT2D eigenvalue weighted by Crippen LogP contribution is 2.24. The molecule has 3 atom stereocenters. The Morgan fingerprint density at radius 3 is 3.00 bits per heavy atom. The molecule has 14 heavy (non-hydrogen) atoms. The second-order valence-corrected chi connectivity index (χ2v) is 4.75. The second-order valence-electron chi connectivity index (χ2n) is 4.75. The molecule has 2 rings (SSSR count). The number of hydrogen-bond donors (Lipinski definition) is 2. The molecule has 0 spiro atoms. The molecule has 1 aliphatic heterocycles. The van der Waals surface area contributed by atoms with E-state index in [9.17, 15) is 0 Å². The number of rotatable bonds is 3. The van der Waals surface area contributed by atoms with Crippen molar-refractivity contribution in [2.45, 2.75) is 38.3 Å². The first-order chi connectivity index (χ1) is 6.84. The molecule has 82 valence electrons. The molecule has 1 aliphatic carbocycles. The highest BCUT2D eigenvalue weighted by atomic mass is 16.5. The van der Waals surface area contributed by atoms with Gasteiger partial charge in [-0.2, -0.15) is 0 Å². The van der Waals surface area contributed by atoms with Crippen molar-refractivity contribution in [1.29, 1.82) is 0 Å². The fraction of sp³-hybridized carbons (Fsp3) is 1.00. The monoisotopic (exact) mass is 198 g/mol. The van der Waals surface area contributed by atoms with Crippen LogP contribution in [0, 0.1) is 5.92 Å². The summed E-state index contributed by atoms with van der Waals surface area (Å²) in [5.74, 6) is 0.920. The number of ether oxygens (including phenoxy) is 1. The van der Waals surface area contributed by atoms with Gasteiger partial charge in [-0.25, -0.2) is 0 Å². The van der Waals surface area contributed by atoms with E-state index in [-0.39, 0.29) is 0 Å². The standard InChI is InChI=1S/C11H22N2O/c1-9-2-3-10(6-9)13-7-11-8-14-5-4-12-11/h9-13H,2-8H2,1H3. The zero-order valence-electron chi connectivity index (χ0n) is 9.09. The molecular weight excluding hydrogens is 176 g/mol. The van der Waals surface area contributed by atoms with Crippen LogP contribution in [0.3, 0.4) is 0 Å². The van der Waals surface area contributed by atoms with E-state index in [2.05, 4.69) is 17.6 Å². The lowest BCUT2D eigenvalue weighted by molar-refractivity contribution is 0.0758. The molecule has 0 aromatic rings. The van der Waals surface area contributed by atoms with Crippen LogP contribution in [-0.2, 0) is 4.74 Å². The SMILES string of the molecule is CC1CCC(NCC2COCCN2)C1. The molecule has 0 aromatic heterocycles. The van der Waals surface area contributed by atoms with Gasteiger partial charge in [0, 0.05) is 25.2 Å². The summed E-state index contributed by atoms with van der Waals surface area (Å²) < 4.78 is 5.42. The quantitative estimate of drug-likeness (QED) is 0.702. The van der Waals surface area contributed by atoms with Crippen molar-refractivity contribution < 1.29 is 4.74 Å². The maximum atomic E-state index is 5.42. The lowest BCUT2D eigenvalue weighted by atomic mass is 10.1. The van der Waals surface area contributed by atoms with Gasteiger partial charge in [0.25, 0.3) is 0 Å². The summed E-state index contributed by atoms with van der Waals surface area (Å²) >= 11 is 0. The van der Waals surface area contributed by atoms with Crippen LogP contribution < -0.4 is 10.6 Å². The Labute approximate surface area is 86.6 Å². The topological polar surface area (TPSA) is 33.3 Å². The van der Waals surface area contributed by atoms with Gasteiger partial charge in [0.2, 0.25) is 0 Å². The normalized spacial score (nSPS) is 38.8. The molecule has 2 aliphatic rings. The summed E-state index contributed by atoms with van der Waals surface area (Å²) in [4.78, 5) is 0. The summed E-state index contributed by atoms with van der Waals surface area (Å²) in [6, 6.07) is 1.29. The summed E-state index contributed by atoms with van der Waals surface area (Å²) in [7, 11) is 0. The molecule has 0 amide bonds. The van der Waals surface area contributed by atoms with Crippen molar-refractivity contribution in [2.75, 3.05) is 26.3 Å². The van der Waals surface area contributed by atoms with Crippen molar-refractivity contribution in [3.8, 4) is 0 Å². The molecule has 1 heterocycles. The molecule has 3 heteroatoms. The van der Waals surface area contributed by atoms with Gasteiger partial charge in [0.15, 0.2) is 0 Å². The predicted molar refractivity (Wildman–Crippen MR) is 57.4 cm³/mol. The first-order valence-corrected chi connectivity index (χ1v) is 5.89. The minimum absolute atomic E-state index is 0.527. The molecule has 0 radical (unpaired) electrons. The van der Waals surface area contributed by atoms with E-state index in [1.807, 2.05) is 0 Å². The first-order valence-electron chi connectivity index (χ1n) is 5.89. The van der Waals surface area contributed by atoms with E-state index in [0.29, 0.717) is 6.04 Å². The minimum Gasteiger partial charge on any atom is -0.378 e. The van der Waals surface area contributed by atoms with Gasteiger partial charge >= 0.3 is 0 Å². The van der Waals surface area contributed by atoms with Crippen molar-refractivity contribution >= 4 is 0 Å². The number of hydrogen-bond acceptors (Lipinski definition) is 3. The van der Waals surface area contributed by atoms with Crippen LogP contribution in [0.2, 0.25) is 0 Å². The second kappa shape index (κ2) is 5.10. The Kier molecular flexibility index (Phi) is 3.79. The van der Waals surface area contributed by atoms with Gasteiger partial charge in [-0.1, -0.05) is 6.92 Å². The van der Waals surface area contributed by atoms with Crippen molar-refractivity contribution in [3.63, 3.8) is 0 Å². The average Bonchev–Trinajstić information content (AvgIpc) is 2.63. The fourth-order valence-corrected chi connectivity index (χ4v) is 2.45. The molecule has 0 aromatic carbocycles. The Morgan fingerprint density at radius 1 is 1.43 bits per heavy atom. The maximum absolute atomic E-state index is 5.42. The Morgan fingerprint density at radius 2 is 2.36 bits per heavy atom. The molecule has 2 N–H and O–H groups in total. The molecule has 0 bridgehead atoms. The van der Waals surface area contributed by atoms with Crippen LogP contribution in [-0.4, -0.2) is 38.4 Å². The van der Waals surface area contributed by atoms with Crippen LogP contribution in [0.4, 0.5) is 0 Å². The van der Waals surface area contributed by atoms with Gasteiger partial charge in [0.1, 0.15) is 0 Å². The predicted octanol–water partition coefficient (Wildman–Crippen LogP) is 0.753. The molecule has 1 saturated heterocycles. The zero-order chi connectivity index (χ0) is 9.80. The number of nitrogens with one attached hydrogen (secondary N) is 2. The first kappa shape index (κ1) is 10.4. The molecule has 2 fully saturated rings. The largest absolute Gasteiger partial charge is 0.378 e. The van der Waals surface area contributed by atoms with Crippen molar-refractivity contribution in [1.82, 2.24) is 10.6 Å². The van der Waals surface area contributed by atoms with Crippen LogP contribution in [0.25, 0.3) is 0 Å².